The fraction of sp³-hybridized carbons (Fsp3) is 0.273. The Morgan fingerprint density at radius 3 is 2.75 bits per heavy atom. The van der Waals surface area contributed by atoms with Crippen LogP contribution < -0.4 is 5.32 Å². The average Bonchev–Trinajstić information content (AvgIpc) is 2.05. The average molecular weight is 159 g/mol. The molecule has 0 fully saturated rings. The summed E-state index contributed by atoms with van der Waals surface area (Å²) in [5.41, 5.74) is 3.43. The van der Waals surface area contributed by atoms with Gasteiger partial charge in [-0.15, -0.1) is 6.42 Å². The van der Waals surface area contributed by atoms with Crippen molar-refractivity contribution in [3.8, 4) is 12.3 Å². The molecular formula is C11H13N. The van der Waals surface area contributed by atoms with Crippen LogP contribution in [-0.4, -0.2) is 7.05 Å². The van der Waals surface area contributed by atoms with Crippen molar-refractivity contribution in [1.82, 2.24) is 5.32 Å². The first-order valence-electron chi connectivity index (χ1n) is 3.98. The summed E-state index contributed by atoms with van der Waals surface area (Å²) in [6.45, 7) is 2.93. The summed E-state index contributed by atoms with van der Waals surface area (Å²) in [4.78, 5) is 0. The molecule has 0 saturated carbocycles. The maximum atomic E-state index is 5.31. The molecule has 62 valence electrons. The molecule has 0 heterocycles. The highest BCUT2D eigenvalue weighted by Crippen LogP contribution is 2.09. The summed E-state index contributed by atoms with van der Waals surface area (Å²) in [5.74, 6) is 2.64. The first-order chi connectivity index (χ1) is 5.77. The molecule has 0 aliphatic carbocycles. The minimum atomic E-state index is 0.895. The molecule has 0 saturated heterocycles. The number of benzene rings is 1. The Morgan fingerprint density at radius 1 is 1.50 bits per heavy atom. The van der Waals surface area contributed by atoms with E-state index in [1.54, 1.807) is 0 Å². The normalized spacial score (nSPS) is 9.42. The quantitative estimate of drug-likeness (QED) is 0.647. The van der Waals surface area contributed by atoms with E-state index in [1.807, 2.05) is 20.0 Å². The van der Waals surface area contributed by atoms with Crippen LogP contribution in [0.4, 0.5) is 0 Å². The lowest BCUT2D eigenvalue weighted by atomic mass is 10.1. The number of rotatable bonds is 2. The minimum Gasteiger partial charge on any atom is -0.316 e. The van der Waals surface area contributed by atoms with Gasteiger partial charge in [-0.3, -0.25) is 0 Å². The predicted molar refractivity (Wildman–Crippen MR) is 51.9 cm³/mol. The van der Waals surface area contributed by atoms with Gasteiger partial charge >= 0.3 is 0 Å². The van der Waals surface area contributed by atoms with Gasteiger partial charge in [0.1, 0.15) is 0 Å². The second kappa shape index (κ2) is 3.94. The third-order valence-electron chi connectivity index (χ3n) is 1.83. The molecule has 0 atom stereocenters. The van der Waals surface area contributed by atoms with E-state index in [0.29, 0.717) is 0 Å². The number of nitrogens with one attached hydrogen (secondary N) is 1. The molecule has 0 radical (unpaired) electrons. The zero-order valence-electron chi connectivity index (χ0n) is 7.52. The monoisotopic (exact) mass is 159 g/mol. The van der Waals surface area contributed by atoms with Crippen LogP contribution in [0.3, 0.4) is 0 Å². The maximum absolute atomic E-state index is 5.31. The Balaban J connectivity index is 2.96. The second-order valence-electron chi connectivity index (χ2n) is 2.82. The Hall–Kier alpha value is -1.26. The SMILES string of the molecule is C#Cc1ccc(CNC)cc1C. The van der Waals surface area contributed by atoms with Crippen molar-refractivity contribution in [3.63, 3.8) is 0 Å². The molecule has 1 aromatic rings. The van der Waals surface area contributed by atoms with Crippen LogP contribution in [0.2, 0.25) is 0 Å². The van der Waals surface area contributed by atoms with Crippen LogP contribution in [0, 0.1) is 19.3 Å². The number of hydrogen-bond donors (Lipinski definition) is 1. The van der Waals surface area contributed by atoms with Gasteiger partial charge in [0.25, 0.3) is 0 Å². The van der Waals surface area contributed by atoms with Gasteiger partial charge in [-0.1, -0.05) is 18.1 Å². The Kier molecular flexibility index (Phi) is 2.90. The van der Waals surface area contributed by atoms with E-state index < -0.39 is 0 Å². The summed E-state index contributed by atoms with van der Waals surface area (Å²) >= 11 is 0. The van der Waals surface area contributed by atoms with Crippen LogP contribution >= 0.6 is 0 Å². The van der Waals surface area contributed by atoms with Crippen molar-refractivity contribution >= 4 is 0 Å². The number of aryl methyl sites for hydroxylation is 1. The molecule has 12 heavy (non-hydrogen) atoms. The van der Waals surface area contributed by atoms with Crippen molar-refractivity contribution in [2.75, 3.05) is 7.05 Å². The zero-order valence-corrected chi connectivity index (χ0v) is 7.52. The van der Waals surface area contributed by atoms with Crippen LogP contribution in [0.15, 0.2) is 18.2 Å². The molecular weight excluding hydrogens is 146 g/mol. The summed E-state index contributed by atoms with van der Waals surface area (Å²) in [7, 11) is 1.93. The van der Waals surface area contributed by atoms with Crippen molar-refractivity contribution < 1.29 is 0 Å². The van der Waals surface area contributed by atoms with Gasteiger partial charge in [0, 0.05) is 12.1 Å². The summed E-state index contributed by atoms with van der Waals surface area (Å²) in [5, 5.41) is 3.10. The standard InChI is InChI=1S/C11H13N/c1-4-11-6-5-10(8-12-3)7-9(11)2/h1,5-7,12H,8H2,2-3H3. The molecule has 1 rings (SSSR count). The smallest absolute Gasteiger partial charge is 0.0272 e. The van der Waals surface area contributed by atoms with E-state index in [4.69, 9.17) is 6.42 Å². The van der Waals surface area contributed by atoms with Gasteiger partial charge in [0.2, 0.25) is 0 Å². The molecule has 0 spiro atoms. The molecule has 1 nitrogen and oxygen atoms in total. The molecule has 0 aromatic heterocycles. The lowest BCUT2D eigenvalue weighted by Crippen LogP contribution is -2.05. The lowest BCUT2D eigenvalue weighted by molar-refractivity contribution is 0.817. The molecule has 0 aliphatic heterocycles. The third-order valence-corrected chi connectivity index (χ3v) is 1.83. The maximum Gasteiger partial charge on any atom is 0.0272 e. The zero-order chi connectivity index (χ0) is 8.97. The predicted octanol–water partition coefficient (Wildman–Crippen LogP) is 1.70. The fourth-order valence-corrected chi connectivity index (χ4v) is 1.20. The molecule has 0 aliphatic rings. The van der Waals surface area contributed by atoms with Gasteiger partial charge in [-0.25, -0.2) is 0 Å². The highest BCUT2D eigenvalue weighted by atomic mass is 14.8. The van der Waals surface area contributed by atoms with Crippen molar-refractivity contribution in [2.45, 2.75) is 13.5 Å². The van der Waals surface area contributed by atoms with Gasteiger partial charge in [-0.2, -0.15) is 0 Å². The van der Waals surface area contributed by atoms with Crippen molar-refractivity contribution in [3.05, 3.63) is 34.9 Å². The van der Waals surface area contributed by atoms with Gasteiger partial charge in [0.15, 0.2) is 0 Å². The van der Waals surface area contributed by atoms with E-state index in [2.05, 4.69) is 23.4 Å². The third kappa shape index (κ3) is 1.87. The lowest BCUT2D eigenvalue weighted by Gasteiger charge is -2.03. The van der Waals surface area contributed by atoms with Crippen LogP contribution in [-0.2, 0) is 6.54 Å². The van der Waals surface area contributed by atoms with Crippen LogP contribution in [0.1, 0.15) is 16.7 Å². The largest absolute Gasteiger partial charge is 0.316 e. The van der Waals surface area contributed by atoms with E-state index in [9.17, 15) is 0 Å². The van der Waals surface area contributed by atoms with E-state index in [1.165, 1.54) is 11.1 Å². The van der Waals surface area contributed by atoms with Crippen molar-refractivity contribution in [2.24, 2.45) is 0 Å². The van der Waals surface area contributed by atoms with Gasteiger partial charge in [-0.05, 0) is 31.2 Å². The highest BCUT2D eigenvalue weighted by molar-refractivity contribution is 5.41. The highest BCUT2D eigenvalue weighted by Gasteiger charge is 1.95. The number of hydrogen-bond acceptors (Lipinski definition) is 1. The molecule has 1 aromatic carbocycles. The second-order valence-corrected chi connectivity index (χ2v) is 2.82. The first-order valence-corrected chi connectivity index (χ1v) is 3.98. The summed E-state index contributed by atoms with van der Waals surface area (Å²) in [6, 6.07) is 6.16. The Morgan fingerprint density at radius 2 is 2.25 bits per heavy atom. The molecule has 0 unspecified atom stereocenters. The van der Waals surface area contributed by atoms with Crippen LogP contribution in [0.5, 0.6) is 0 Å². The molecule has 0 amide bonds. The van der Waals surface area contributed by atoms with Crippen LogP contribution in [0.25, 0.3) is 0 Å². The van der Waals surface area contributed by atoms with E-state index in [0.717, 1.165) is 12.1 Å². The Labute approximate surface area is 73.8 Å². The Bertz CT molecular complexity index is 307. The summed E-state index contributed by atoms with van der Waals surface area (Å²) in [6.07, 6.45) is 5.31. The first kappa shape index (κ1) is 8.83. The van der Waals surface area contributed by atoms with Crippen molar-refractivity contribution in [1.29, 1.82) is 0 Å². The minimum absolute atomic E-state index is 0.895. The van der Waals surface area contributed by atoms with Gasteiger partial charge in [0.05, 0.1) is 0 Å². The fourth-order valence-electron chi connectivity index (χ4n) is 1.20. The summed E-state index contributed by atoms with van der Waals surface area (Å²) < 4.78 is 0. The molecule has 1 heteroatoms. The molecule has 0 bridgehead atoms. The number of terminal acetylenes is 1. The van der Waals surface area contributed by atoms with Gasteiger partial charge < -0.3 is 5.32 Å². The van der Waals surface area contributed by atoms with E-state index in [-0.39, 0.29) is 0 Å². The van der Waals surface area contributed by atoms with E-state index >= 15 is 0 Å². The molecule has 1 N–H and O–H groups in total. The topological polar surface area (TPSA) is 12.0 Å².